The minimum Gasteiger partial charge on any atom is -0.457 e. The zero-order valence-corrected chi connectivity index (χ0v) is 58.2. The molecule has 15 rings (SSSR count). The number of benzene rings is 6. The number of nitrogens with one attached hydrogen (secondary N) is 4. The van der Waals surface area contributed by atoms with Crippen molar-refractivity contribution in [2.75, 3.05) is 96.5 Å². The SMILES string of the molecule is CN(C)C1CCN(C(=O)c2ccccc2-c2ccc(/C=C3/C(=O)Nc4ccc(F)cc43)o2)CC1.CN(CCN1CCCC1)C(=O)c1cc(-c2ccc(/C=C3/C(=O)Nc4ccc(F)cc43)o2)ccc1Cl.CN1CCCCC1CNC(=O)c1ccccc1-c1ccc(/C=C2/C(=O)Nc3ccc(F)cc32)o1. The van der Waals surface area contributed by atoms with Crippen LogP contribution >= 0.6 is 11.6 Å². The lowest BCUT2D eigenvalue weighted by atomic mass is 10.0. The molecule has 0 radical (unpaired) electrons. The summed E-state index contributed by atoms with van der Waals surface area (Å²) in [5.41, 5.74) is 7.76. The molecular formula is C81H77ClF3N9O9. The van der Waals surface area contributed by atoms with Crippen molar-refractivity contribution in [1.29, 1.82) is 0 Å². The highest BCUT2D eigenvalue weighted by Gasteiger charge is 2.31. The van der Waals surface area contributed by atoms with Crippen LogP contribution in [0.15, 0.2) is 171 Å². The fourth-order valence-corrected chi connectivity index (χ4v) is 14.0. The molecule has 22 heteroatoms. The molecule has 103 heavy (non-hydrogen) atoms. The average molecular weight is 1410 g/mol. The Hall–Kier alpha value is -10.8. The van der Waals surface area contributed by atoms with Gasteiger partial charge in [-0.1, -0.05) is 54.4 Å². The summed E-state index contributed by atoms with van der Waals surface area (Å²) < 4.78 is 59.1. The first-order valence-corrected chi connectivity index (χ1v) is 34.9. The van der Waals surface area contributed by atoms with Crippen LogP contribution in [0.5, 0.6) is 0 Å². The quantitative estimate of drug-likeness (QED) is 0.0708. The van der Waals surface area contributed by atoms with Gasteiger partial charge < -0.3 is 59.0 Å². The number of piperidine rings is 2. The molecule has 3 saturated heterocycles. The first kappa shape index (κ1) is 70.6. The summed E-state index contributed by atoms with van der Waals surface area (Å²) >= 11 is 6.37. The summed E-state index contributed by atoms with van der Waals surface area (Å²) in [6.07, 6.45) is 12.5. The number of rotatable bonds is 15. The topological polar surface area (TPSA) is 206 Å². The van der Waals surface area contributed by atoms with Crippen LogP contribution in [0.1, 0.15) is 110 Å². The molecule has 9 heterocycles. The predicted octanol–water partition coefficient (Wildman–Crippen LogP) is 14.9. The molecule has 3 aromatic heterocycles. The second kappa shape index (κ2) is 31.2. The van der Waals surface area contributed by atoms with Gasteiger partial charge >= 0.3 is 0 Å². The van der Waals surface area contributed by atoms with Crippen LogP contribution in [-0.2, 0) is 14.4 Å². The Bertz CT molecular complexity index is 4840. The summed E-state index contributed by atoms with van der Waals surface area (Å²) in [5, 5.41) is 11.6. The average Bonchev–Trinajstić information content (AvgIpc) is 1.67. The number of likely N-dealkylation sites (tertiary alicyclic amines) is 3. The molecule has 6 amide bonds. The van der Waals surface area contributed by atoms with Crippen LogP contribution in [0.2, 0.25) is 5.02 Å². The minimum absolute atomic E-state index is 0.0105. The Morgan fingerprint density at radius 3 is 1.52 bits per heavy atom. The number of anilines is 3. The van der Waals surface area contributed by atoms with Gasteiger partial charge in [-0.3, -0.25) is 28.8 Å². The number of hydrogen-bond donors (Lipinski definition) is 4. The number of fused-ring (bicyclic) bond motifs is 3. The number of carbonyl (C=O) groups excluding carboxylic acids is 6. The monoisotopic (exact) mass is 1410 g/mol. The van der Waals surface area contributed by atoms with Gasteiger partial charge in [0.1, 0.15) is 52.0 Å². The van der Waals surface area contributed by atoms with Crippen LogP contribution in [0.3, 0.4) is 0 Å². The van der Waals surface area contributed by atoms with Crippen LogP contribution < -0.4 is 21.3 Å². The van der Waals surface area contributed by atoms with Crippen LogP contribution in [-0.4, -0.2) is 153 Å². The first-order chi connectivity index (χ1) is 49.8. The zero-order valence-electron chi connectivity index (χ0n) is 57.4. The molecule has 1 atom stereocenters. The van der Waals surface area contributed by atoms with Crippen molar-refractivity contribution >= 4 is 99.1 Å². The predicted molar refractivity (Wildman–Crippen MR) is 394 cm³/mol. The van der Waals surface area contributed by atoms with Gasteiger partial charge in [-0.05, 0) is 219 Å². The Morgan fingerprint density at radius 2 is 1.01 bits per heavy atom. The van der Waals surface area contributed by atoms with Crippen LogP contribution in [0.4, 0.5) is 30.2 Å². The summed E-state index contributed by atoms with van der Waals surface area (Å²) in [6, 6.07) is 43.8. The fraction of sp³-hybridized carbons (Fsp3) is 0.259. The molecule has 9 aromatic rings. The first-order valence-electron chi connectivity index (χ1n) is 34.5. The van der Waals surface area contributed by atoms with E-state index in [2.05, 4.69) is 57.1 Å². The molecule has 6 aliphatic heterocycles. The van der Waals surface area contributed by atoms with Gasteiger partial charge in [0.05, 0.1) is 38.4 Å². The molecule has 0 spiro atoms. The van der Waals surface area contributed by atoms with Crippen molar-refractivity contribution < 1.29 is 55.2 Å². The second-order valence-corrected chi connectivity index (χ2v) is 27.0. The number of hydrogen-bond acceptors (Lipinski definition) is 12. The molecule has 6 aliphatic rings. The number of halogens is 4. The maximum Gasteiger partial charge on any atom is 0.256 e. The molecule has 528 valence electrons. The molecule has 1 unspecified atom stereocenters. The summed E-state index contributed by atoms with van der Waals surface area (Å²) in [6.45, 7) is 6.72. The van der Waals surface area contributed by atoms with Gasteiger partial charge in [0.25, 0.3) is 35.4 Å². The Balaban J connectivity index is 0.000000138. The summed E-state index contributed by atoms with van der Waals surface area (Å²) in [5.74, 6) is 0.415. The van der Waals surface area contributed by atoms with Crippen molar-refractivity contribution in [1.82, 2.24) is 29.8 Å². The molecule has 3 fully saturated rings. The van der Waals surface area contributed by atoms with Crippen molar-refractivity contribution in [3.05, 3.63) is 231 Å². The number of nitrogens with zero attached hydrogens (tertiary/aromatic N) is 5. The third-order valence-corrected chi connectivity index (χ3v) is 19.9. The smallest absolute Gasteiger partial charge is 0.256 e. The highest BCUT2D eigenvalue weighted by atomic mass is 35.5. The Kier molecular flexibility index (Phi) is 21.4. The summed E-state index contributed by atoms with van der Waals surface area (Å²) in [7, 11) is 8.03. The van der Waals surface area contributed by atoms with E-state index < -0.39 is 17.5 Å². The van der Waals surface area contributed by atoms with E-state index in [0.717, 1.165) is 58.5 Å². The van der Waals surface area contributed by atoms with E-state index in [0.29, 0.717) is 149 Å². The van der Waals surface area contributed by atoms with Gasteiger partial charge in [0, 0.05) is 102 Å². The lowest BCUT2D eigenvalue weighted by Gasteiger charge is -2.35. The highest BCUT2D eigenvalue weighted by Crippen LogP contribution is 2.39. The van der Waals surface area contributed by atoms with Crippen molar-refractivity contribution in [2.45, 2.75) is 57.0 Å². The third kappa shape index (κ3) is 16.1. The molecule has 6 aromatic carbocycles. The maximum absolute atomic E-state index is 13.7. The van der Waals surface area contributed by atoms with E-state index in [1.807, 2.05) is 47.4 Å². The largest absolute Gasteiger partial charge is 0.457 e. The number of likely N-dealkylation sites (N-methyl/N-ethyl adjacent to an activating group) is 2. The van der Waals surface area contributed by atoms with Crippen molar-refractivity contribution in [2.24, 2.45) is 0 Å². The van der Waals surface area contributed by atoms with Gasteiger partial charge in [-0.2, -0.15) is 0 Å². The fourth-order valence-electron chi connectivity index (χ4n) is 13.8. The van der Waals surface area contributed by atoms with E-state index in [-0.39, 0.29) is 35.4 Å². The van der Waals surface area contributed by atoms with E-state index in [1.165, 1.54) is 74.2 Å². The van der Waals surface area contributed by atoms with Gasteiger partial charge in [-0.25, -0.2) is 13.2 Å². The molecule has 18 nitrogen and oxygen atoms in total. The molecule has 0 bridgehead atoms. The van der Waals surface area contributed by atoms with Crippen LogP contribution in [0, 0.1) is 17.5 Å². The standard InChI is InChI=1S/C27H25ClFN3O3.2C27H26FN3O3/c1-31(12-13-32-10-2-3-11-32)27(34)22-14-17(4-7-23(22)28)25-9-6-19(35-25)16-21-20-15-18(29)5-8-24(20)30-26(21)33;1-30(2)18-11-13-31(14-12-18)27(33)21-6-4-3-5-20(21)25-10-8-19(34-25)16-23-22-15-17(28)7-9-24(22)29-26(23)32;1-31-13-5-4-6-18(31)16-29-26(32)21-8-3-2-7-20(21)25-12-10-19(34-25)15-23-22-14-17(28)9-11-24(22)30-27(23)33/h4-9,14-16H,2-3,10-13H2,1H3,(H,30,33);3-10,15-16,18H,11-14H2,1-2H3,(H,29,32);2-3,7-12,14-15,18H,4-6,13,16H2,1H3,(H,29,32)(H,30,33)/b21-16+;23-16+;23-15+. The lowest BCUT2D eigenvalue weighted by molar-refractivity contribution is -0.111. The van der Waals surface area contributed by atoms with Crippen molar-refractivity contribution in [3.8, 4) is 34.0 Å². The van der Waals surface area contributed by atoms with Gasteiger partial charge in [0.2, 0.25) is 0 Å². The van der Waals surface area contributed by atoms with E-state index in [1.54, 1.807) is 96.9 Å². The number of furan rings is 3. The lowest BCUT2D eigenvalue weighted by Crippen LogP contribution is -2.44. The highest BCUT2D eigenvalue weighted by molar-refractivity contribution is 6.36. The van der Waals surface area contributed by atoms with Crippen molar-refractivity contribution in [3.63, 3.8) is 0 Å². The molecule has 0 aliphatic carbocycles. The second-order valence-electron chi connectivity index (χ2n) is 26.6. The zero-order chi connectivity index (χ0) is 72.0. The Morgan fingerprint density at radius 1 is 0.534 bits per heavy atom. The van der Waals surface area contributed by atoms with E-state index in [9.17, 15) is 41.9 Å². The normalized spacial score (nSPS) is 17.7. The number of carbonyl (C=O) groups is 6. The van der Waals surface area contributed by atoms with Crippen LogP contribution in [0.25, 0.3) is 68.9 Å². The number of amides is 6. The molecular weight excluding hydrogens is 1340 g/mol. The van der Waals surface area contributed by atoms with E-state index >= 15 is 0 Å². The Labute approximate surface area is 599 Å². The maximum atomic E-state index is 13.7. The molecule has 0 saturated carbocycles. The van der Waals surface area contributed by atoms with Gasteiger partial charge in [0.15, 0.2) is 0 Å². The summed E-state index contributed by atoms with van der Waals surface area (Å²) in [4.78, 5) is 87.1. The minimum atomic E-state index is -0.421. The third-order valence-electron chi connectivity index (χ3n) is 19.6. The van der Waals surface area contributed by atoms with Gasteiger partial charge in [-0.15, -0.1) is 0 Å². The van der Waals surface area contributed by atoms with E-state index in [4.69, 9.17) is 24.9 Å². The molecule has 4 N–H and O–H groups in total.